The Balaban J connectivity index is 2.07. The fourth-order valence-electron chi connectivity index (χ4n) is 2.48. The summed E-state index contributed by atoms with van der Waals surface area (Å²) in [6.07, 6.45) is -2.74. The maximum atomic E-state index is 12.7. The normalized spacial score (nSPS) is 18.8. The van der Waals surface area contributed by atoms with Crippen molar-refractivity contribution in [2.24, 2.45) is 0 Å². The third-order valence-corrected chi connectivity index (χ3v) is 4.01. The van der Waals surface area contributed by atoms with Gasteiger partial charge in [0.05, 0.1) is 0 Å². The van der Waals surface area contributed by atoms with Crippen molar-refractivity contribution in [2.75, 3.05) is 39.2 Å². The number of hydrogen-bond donors (Lipinski definition) is 1. The molecular weight excluding hydrogens is 283 g/mol. The largest absolute Gasteiger partial charge is 0.433 e. The average molecular weight is 303 g/mol. The highest BCUT2D eigenvalue weighted by Gasteiger charge is 2.35. The maximum Gasteiger partial charge on any atom is 0.433 e. The van der Waals surface area contributed by atoms with Crippen molar-refractivity contribution >= 4 is 5.82 Å². The standard InChI is InChI=1S/C14H20F3N3O/c1-20(2)13(6-8-21-9-7-13)10-18-12-5-3-4-11(19-12)14(15,16)17/h3-5H,6-10H2,1-2H3,(H,18,19). The number of likely N-dealkylation sites (N-methyl/N-ethyl adjacent to an activating group) is 1. The number of pyridine rings is 1. The van der Waals surface area contributed by atoms with Gasteiger partial charge in [-0.25, -0.2) is 4.98 Å². The maximum absolute atomic E-state index is 12.7. The fraction of sp³-hybridized carbons (Fsp3) is 0.643. The highest BCUT2D eigenvalue weighted by atomic mass is 19.4. The molecule has 0 saturated carbocycles. The Kier molecular flexibility index (Phi) is 4.73. The molecule has 7 heteroatoms. The first kappa shape index (κ1) is 16.0. The third-order valence-electron chi connectivity index (χ3n) is 4.01. The number of nitrogens with zero attached hydrogens (tertiary/aromatic N) is 2. The zero-order valence-corrected chi connectivity index (χ0v) is 12.2. The Morgan fingerprint density at radius 2 is 1.95 bits per heavy atom. The summed E-state index contributed by atoms with van der Waals surface area (Å²) in [5.41, 5.74) is -0.993. The van der Waals surface area contributed by atoms with Crippen molar-refractivity contribution in [2.45, 2.75) is 24.6 Å². The van der Waals surface area contributed by atoms with Crippen molar-refractivity contribution in [1.82, 2.24) is 9.88 Å². The number of anilines is 1. The van der Waals surface area contributed by atoms with Gasteiger partial charge in [-0.1, -0.05) is 6.07 Å². The summed E-state index contributed by atoms with van der Waals surface area (Å²) in [5.74, 6) is 0.248. The van der Waals surface area contributed by atoms with Crippen LogP contribution in [0.2, 0.25) is 0 Å². The molecule has 1 aromatic rings. The summed E-state index contributed by atoms with van der Waals surface area (Å²) in [6, 6.07) is 3.89. The van der Waals surface area contributed by atoms with Crippen LogP contribution in [-0.4, -0.2) is 49.3 Å². The second-order valence-corrected chi connectivity index (χ2v) is 5.49. The number of alkyl halides is 3. The lowest BCUT2D eigenvalue weighted by Crippen LogP contribution is -2.53. The van der Waals surface area contributed by atoms with Crippen molar-refractivity contribution < 1.29 is 17.9 Å². The highest BCUT2D eigenvalue weighted by Crippen LogP contribution is 2.29. The predicted octanol–water partition coefficient (Wildman–Crippen LogP) is 2.62. The molecule has 1 aliphatic heterocycles. The van der Waals surface area contributed by atoms with Crippen LogP contribution < -0.4 is 5.32 Å². The molecule has 0 aliphatic carbocycles. The van der Waals surface area contributed by atoms with Gasteiger partial charge in [-0.05, 0) is 39.1 Å². The van der Waals surface area contributed by atoms with Crippen LogP contribution in [0.3, 0.4) is 0 Å². The lowest BCUT2D eigenvalue weighted by Gasteiger charge is -2.43. The van der Waals surface area contributed by atoms with E-state index in [1.165, 1.54) is 6.07 Å². The molecule has 0 bridgehead atoms. The van der Waals surface area contributed by atoms with Gasteiger partial charge < -0.3 is 15.0 Å². The second kappa shape index (κ2) is 6.19. The van der Waals surface area contributed by atoms with Crippen molar-refractivity contribution in [3.05, 3.63) is 23.9 Å². The van der Waals surface area contributed by atoms with Gasteiger partial charge in [0.1, 0.15) is 11.5 Å². The Morgan fingerprint density at radius 1 is 1.29 bits per heavy atom. The first-order chi connectivity index (χ1) is 9.83. The number of nitrogens with one attached hydrogen (secondary N) is 1. The molecule has 0 aromatic carbocycles. The van der Waals surface area contributed by atoms with Crippen LogP contribution in [0.4, 0.5) is 19.0 Å². The molecule has 0 atom stereocenters. The van der Waals surface area contributed by atoms with E-state index in [2.05, 4.69) is 15.2 Å². The molecule has 2 rings (SSSR count). The van der Waals surface area contributed by atoms with E-state index < -0.39 is 11.9 Å². The summed E-state index contributed by atoms with van der Waals surface area (Å²) in [7, 11) is 3.96. The minimum Gasteiger partial charge on any atom is -0.381 e. The van der Waals surface area contributed by atoms with Crippen molar-refractivity contribution in [3.63, 3.8) is 0 Å². The van der Waals surface area contributed by atoms with Gasteiger partial charge in [0.15, 0.2) is 0 Å². The van der Waals surface area contributed by atoms with E-state index in [0.29, 0.717) is 19.8 Å². The molecular formula is C14H20F3N3O. The lowest BCUT2D eigenvalue weighted by atomic mass is 9.88. The molecule has 0 spiro atoms. The number of ether oxygens (including phenoxy) is 1. The van der Waals surface area contributed by atoms with Gasteiger partial charge in [0.25, 0.3) is 0 Å². The minimum atomic E-state index is -4.42. The van der Waals surface area contributed by atoms with Crippen LogP contribution in [0.1, 0.15) is 18.5 Å². The van der Waals surface area contributed by atoms with E-state index in [1.807, 2.05) is 14.1 Å². The van der Waals surface area contributed by atoms with E-state index in [4.69, 9.17) is 4.74 Å². The van der Waals surface area contributed by atoms with Crippen LogP contribution in [0.5, 0.6) is 0 Å². The zero-order chi connectivity index (χ0) is 15.5. The average Bonchev–Trinajstić information content (AvgIpc) is 2.45. The Bertz CT molecular complexity index is 471. The third kappa shape index (κ3) is 3.85. The Labute approximate surface area is 122 Å². The molecule has 118 valence electrons. The number of rotatable bonds is 4. The number of halogens is 3. The topological polar surface area (TPSA) is 37.4 Å². The van der Waals surface area contributed by atoms with Gasteiger partial charge in [0.2, 0.25) is 0 Å². The summed E-state index contributed by atoms with van der Waals surface area (Å²) in [6.45, 7) is 1.86. The molecule has 0 radical (unpaired) electrons. The quantitative estimate of drug-likeness (QED) is 0.928. The molecule has 1 aromatic heterocycles. The molecule has 1 aliphatic rings. The molecule has 21 heavy (non-hydrogen) atoms. The summed E-state index contributed by atoms with van der Waals surface area (Å²) in [4.78, 5) is 5.74. The summed E-state index contributed by atoms with van der Waals surface area (Å²) < 4.78 is 43.3. The van der Waals surface area contributed by atoms with Gasteiger partial charge in [-0.15, -0.1) is 0 Å². The molecule has 4 nitrogen and oxygen atoms in total. The zero-order valence-electron chi connectivity index (χ0n) is 12.2. The van der Waals surface area contributed by atoms with Crippen LogP contribution >= 0.6 is 0 Å². The van der Waals surface area contributed by atoms with E-state index in [0.717, 1.165) is 18.9 Å². The second-order valence-electron chi connectivity index (χ2n) is 5.49. The van der Waals surface area contributed by atoms with E-state index >= 15 is 0 Å². The molecule has 0 amide bonds. The molecule has 0 unspecified atom stereocenters. The smallest absolute Gasteiger partial charge is 0.381 e. The molecule has 1 saturated heterocycles. The Morgan fingerprint density at radius 3 is 2.52 bits per heavy atom. The molecule has 1 fully saturated rings. The molecule has 2 heterocycles. The van der Waals surface area contributed by atoms with Crippen LogP contribution in [0.15, 0.2) is 18.2 Å². The Hall–Kier alpha value is -1.34. The lowest BCUT2D eigenvalue weighted by molar-refractivity contribution is -0.141. The molecule has 1 N–H and O–H groups in total. The van der Waals surface area contributed by atoms with Crippen molar-refractivity contribution in [1.29, 1.82) is 0 Å². The number of hydrogen-bond acceptors (Lipinski definition) is 4. The first-order valence-electron chi connectivity index (χ1n) is 6.87. The van der Waals surface area contributed by atoms with E-state index in [-0.39, 0.29) is 11.4 Å². The van der Waals surface area contributed by atoms with E-state index in [9.17, 15) is 13.2 Å². The first-order valence-corrected chi connectivity index (χ1v) is 6.87. The van der Waals surface area contributed by atoms with Crippen molar-refractivity contribution in [3.8, 4) is 0 Å². The monoisotopic (exact) mass is 303 g/mol. The van der Waals surface area contributed by atoms with Crippen LogP contribution in [0.25, 0.3) is 0 Å². The highest BCUT2D eigenvalue weighted by molar-refractivity contribution is 5.36. The summed E-state index contributed by atoms with van der Waals surface area (Å²) in [5, 5.41) is 3.04. The van der Waals surface area contributed by atoms with Gasteiger partial charge in [0, 0.05) is 25.3 Å². The van der Waals surface area contributed by atoms with Crippen LogP contribution in [-0.2, 0) is 10.9 Å². The SMILES string of the molecule is CN(C)C1(CNc2cccc(C(F)(F)F)n2)CCOCC1. The van der Waals surface area contributed by atoms with Gasteiger partial charge in [-0.3, -0.25) is 0 Å². The number of aromatic nitrogens is 1. The van der Waals surface area contributed by atoms with Gasteiger partial charge in [-0.2, -0.15) is 13.2 Å². The van der Waals surface area contributed by atoms with Crippen LogP contribution in [0, 0.1) is 0 Å². The minimum absolute atomic E-state index is 0.117. The predicted molar refractivity (Wildman–Crippen MR) is 74.2 cm³/mol. The fourth-order valence-corrected chi connectivity index (χ4v) is 2.48. The van der Waals surface area contributed by atoms with E-state index in [1.54, 1.807) is 6.07 Å². The van der Waals surface area contributed by atoms with Gasteiger partial charge >= 0.3 is 6.18 Å². The summed E-state index contributed by atoms with van der Waals surface area (Å²) >= 11 is 0.